The summed E-state index contributed by atoms with van der Waals surface area (Å²) in [4.78, 5) is 12.9. The van der Waals surface area contributed by atoms with Crippen LogP contribution >= 0.6 is 11.6 Å². The topological polar surface area (TPSA) is 72.7 Å². The lowest BCUT2D eigenvalue weighted by Crippen LogP contribution is -2.34. The molecule has 0 radical (unpaired) electrons. The second-order valence-electron chi connectivity index (χ2n) is 6.40. The molecule has 24 heavy (non-hydrogen) atoms. The largest absolute Gasteiger partial charge is 0.326 e. The molecule has 1 aromatic carbocycles. The summed E-state index contributed by atoms with van der Waals surface area (Å²) in [5, 5.41) is 15.9. The number of allylic oxidation sites excluding steroid dienone is 2. The molecule has 0 saturated heterocycles. The highest BCUT2D eigenvalue weighted by Gasteiger charge is 2.38. The number of fused-ring (bicyclic) bond motifs is 1. The number of Topliss-reactive ketones (excluding diaryl/α,β-unsaturated/α-hetero) is 1. The molecule has 0 bridgehead atoms. The standard InChI is InChI=1S/C17H18ClN5O/c1-2-3-10-8-13-15(14(24)9-10)16(11-4-6-12(18)7-5-11)23-17(19-13)20-21-22-23/h4-7,10,16H,2-3,8-9H2,1H3,(H,19,20,22)/t10-,16+/m1/s1. The number of ketones is 1. The van der Waals surface area contributed by atoms with Gasteiger partial charge in [0.15, 0.2) is 5.78 Å². The molecule has 2 heterocycles. The summed E-state index contributed by atoms with van der Waals surface area (Å²) in [5.41, 5.74) is 2.71. The van der Waals surface area contributed by atoms with Gasteiger partial charge in [0.1, 0.15) is 6.04 Å². The zero-order chi connectivity index (χ0) is 16.7. The molecule has 0 saturated carbocycles. The molecular formula is C17H18ClN5O. The van der Waals surface area contributed by atoms with Crippen molar-refractivity contribution in [3.05, 3.63) is 46.1 Å². The summed E-state index contributed by atoms with van der Waals surface area (Å²) in [6.07, 6.45) is 3.60. The van der Waals surface area contributed by atoms with Crippen LogP contribution in [0, 0.1) is 5.92 Å². The van der Waals surface area contributed by atoms with Crippen molar-refractivity contribution in [1.29, 1.82) is 0 Å². The lowest BCUT2D eigenvalue weighted by Gasteiger charge is -2.34. The average molecular weight is 344 g/mol. The summed E-state index contributed by atoms with van der Waals surface area (Å²) in [7, 11) is 0. The van der Waals surface area contributed by atoms with Crippen LogP contribution in [0.2, 0.25) is 5.02 Å². The minimum atomic E-state index is -0.293. The van der Waals surface area contributed by atoms with Crippen molar-refractivity contribution < 1.29 is 4.79 Å². The third kappa shape index (κ3) is 2.51. The number of carbonyl (C=O) groups excluding carboxylic acids is 1. The minimum absolute atomic E-state index is 0.184. The molecule has 2 aromatic rings. The number of tetrazole rings is 1. The van der Waals surface area contributed by atoms with Gasteiger partial charge in [0.05, 0.1) is 0 Å². The first-order valence-corrected chi connectivity index (χ1v) is 8.61. The minimum Gasteiger partial charge on any atom is -0.326 e. The van der Waals surface area contributed by atoms with Gasteiger partial charge in [-0.25, -0.2) is 0 Å². The monoisotopic (exact) mass is 343 g/mol. The summed E-state index contributed by atoms with van der Waals surface area (Å²) in [6.45, 7) is 2.15. The van der Waals surface area contributed by atoms with Crippen molar-refractivity contribution >= 4 is 23.3 Å². The Morgan fingerprint density at radius 1 is 1.29 bits per heavy atom. The molecule has 1 N–H and O–H groups in total. The highest BCUT2D eigenvalue weighted by atomic mass is 35.5. The van der Waals surface area contributed by atoms with Crippen LogP contribution in [0.25, 0.3) is 0 Å². The van der Waals surface area contributed by atoms with E-state index in [1.807, 2.05) is 24.3 Å². The second-order valence-corrected chi connectivity index (χ2v) is 6.84. The molecule has 2 aliphatic rings. The Morgan fingerprint density at radius 3 is 2.83 bits per heavy atom. The molecule has 0 amide bonds. The molecular weight excluding hydrogens is 326 g/mol. The van der Waals surface area contributed by atoms with Crippen LogP contribution < -0.4 is 5.32 Å². The maximum atomic E-state index is 12.9. The van der Waals surface area contributed by atoms with Gasteiger partial charge in [0, 0.05) is 22.7 Å². The summed E-state index contributed by atoms with van der Waals surface area (Å²) >= 11 is 6.01. The summed E-state index contributed by atoms with van der Waals surface area (Å²) < 4.78 is 1.68. The number of hydrogen-bond donors (Lipinski definition) is 1. The zero-order valence-electron chi connectivity index (χ0n) is 13.4. The van der Waals surface area contributed by atoms with E-state index < -0.39 is 0 Å². The van der Waals surface area contributed by atoms with Gasteiger partial charge >= 0.3 is 0 Å². The molecule has 4 rings (SSSR count). The Labute approximate surface area is 144 Å². The van der Waals surface area contributed by atoms with E-state index in [1.165, 1.54) is 0 Å². The molecule has 1 aromatic heterocycles. The van der Waals surface area contributed by atoms with Crippen LogP contribution in [-0.4, -0.2) is 26.0 Å². The molecule has 6 nitrogen and oxygen atoms in total. The van der Waals surface area contributed by atoms with Gasteiger partial charge in [-0.2, -0.15) is 4.68 Å². The molecule has 0 spiro atoms. The molecule has 7 heteroatoms. The van der Waals surface area contributed by atoms with E-state index in [0.29, 0.717) is 23.3 Å². The van der Waals surface area contributed by atoms with Gasteiger partial charge in [0.25, 0.3) is 0 Å². The van der Waals surface area contributed by atoms with Crippen molar-refractivity contribution in [3.63, 3.8) is 0 Å². The zero-order valence-corrected chi connectivity index (χ0v) is 14.1. The van der Waals surface area contributed by atoms with Crippen molar-refractivity contribution in [1.82, 2.24) is 20.2 Å². The smallest absolute Gasteiger partial charge is 0.248 e. The number of benzene rings is 1. The van der Waals surface area contributed by atoms with Gasteiger partial charge in [-0.05, 0) is 46.9 Å². The van der Waals surface area contributed by atoms with Gasteiger partial charge < -0.3 is 5.32 Å². The Morgan fingerprint density at radius 2 is 2.08 bits per heavy atom. The number of halogens is 1. The number of nitrogens with one attached hydrogen (secondary N) is 1. The lowest BCUT2D eigenvalue weighted by molar-refractivity contribution is -0.117. The fraction of sp³-hybridized carbons (Fsp3) is 0.412. The fourth-order valence-electron chi connectivity index (χ4n) is 3.72. The molecule has 0 fully saturated rings. The molecule has 2 atom stereocenters. The predicted molar refractivity (Wildman–Crippen MR) is 90.7 cm³/mol. The summed E-state index contributed by atoms with van der Waals surface area (Å²) in [6, 6.07) is 7.23. The Hall–Kier alpha value is -2.21. The molecule has 124 valence electrons. The average Bonchev–Trinajstić information content (AvgIpc) is 3.02. The van der Waals surface area contributed by atoms with Gasteiger partial charge in [0.2, 0.25) is 5.95 Å². The SMILES string of the molecule is CCC[C@H]1CC(=O)C2=C(C1)Nc1nnnn1[C@H]2c1ccc(Cl)cc1. The van der Waals surface area contributed by atoms with Gasteiger partial charge in [-0.1, -0.05) is 42.2 Å². The van der Waals surface area contributed by atoms with Gasteiger partial charge in [-0.3, -0.25) is 4.79 Å². The fourth-order valence-corrected chi connectivity index (χ4v) is 3.85. The molecule has 0 unspecified atom stereocenters. The number of anilines is 1. The first kappa shape index (κ1) is 15.3. The number of nitrogens with zero attached hydrogens (tertiary/aromatic N) is 4. The van der Waals surface area contributed by atoms with Crippen LogP contribution in [0.1, 0.15) is 44.2 Å². The maximum absolute atomic E-state index is 12.9. The van der Waals surface area contributed by atoms with Crippen molar-refractivity contribution in [2.24, 2.45) is 5.92 Å². The molecule has 1 aliphatic heterocycles. The van der Waals surface area contributed by atoms with Crippen LogP contribution in [0.15, 0.2) is 35.5 Å². The Kier molecular flexibility index (Phi) is 3.84. The maximum Gasteiger partial charge on any atom is 0.248 e. The highest BCUT2D eigenvalue weighted by Crippen LogP contribution is 2.41. The van der Waals surface area contributed by atoms with E-state index in [9.17, 15) is 4.79 Å². The second kappa shape index (κ2) is 6.02. The number of hydrogen-bond acceptors (Lipinski definition) is 5. The van der Waals surface area contributed by atoms with E-state index in [2.05, 4.69) is 27.8 Å². The highest BCUT2D eigenvalue weighted by molar-refractivity contribution is 6.30. The number of aromatic nitrogens is 4. The summed E-state index contributed by atoms with van der Waals surface area (Å²) in [5.74, 6) is 1.16. The number of carbonyl (C=O) groups is 1. The van der Waals surface area contributed by atoms with Crippen molar-refractivity contribution in [3.8, 4) is 0 Å². The van der Waals surface area contributed by atoms with E-state index in [4.69, 9.17) is 11.6 Å². The third-order valence-electron chi connectivity index (χ3n) is 4.75. The first-order valence-electron chi connectivity index (χ1n) is 8.24. The van der Waals surface area contributed by atoms with E-state index in [-0.39, 0.29) is 11.8 Å². The Bertz CT molecular complexity index is 811. The van der Waals surface area contributed by atoms with Crippen LogP contribution in [0.3, 0.4) is 0 Å². The third-order valence-corrected chi connectivity index (χ3v) is 5.00. The number of rotatable bonds is 3. The quantitative estimate of drug-likeness (QED) is 0.924. The molecule has 1 aliphatic carbocycles. The van der Waals surface area contributed by atoms with E-state index >= 15 is 0 Å². The van der Waals surface area contributed by atoms with Crippen molar-refractivity contribution in [2.45, 2.75) is 38.6 Å². The lowest BCUT2D eigenvalue weighted by atomic mass is 9.79. The van der Waals surface area contributed by atoms with Crippen LogP contribution in [0.4, 0.5) is 5.95 Å². The van der Waals surface area contributed by atoms with Crippen molar-refractivity contribution in [2.75, 3.05) is 5.32 Å². The van der Waals surface area contributed by atoms with E-state index in [1.54, 1.807) is 4.68 Å². The van der Waals surface area contributed by atoms with Gasteiger partial charge in [-0.15, -0.1) is 0 Å². The van der Waals surface area contributed by atoms with Crippen LogP contribution in [-0.2, 0) is 4.79 Å². The Balaban J connectivity index is 1.81. The predicted octanol–water partition coefficient (Wildman–Crippen LogP) is 3.37. The normalized spacial score (nSPS) is 22.8. The van der Waals surface area contributed by atoms with E-state index in [0.717, 1.165) is 36.1 Å². The van der Waals surface area contributed by atoms with Crippen LogP contribution in [0.5, 0.6) is 0 Å². The first-order chi connectivity index (χ1) is 11.7.